The number of carboxylic acid groups (broad SMARTS) is 1. The van der Waals surface area contributed by atoms with Crippen LogP contribution in [0.3, 0.4) is 0 Å². The Morgan fingerprint density at radius 1 is 1.25 bits per heavy atom. The zero-order valence-corrected chi connectivity index (χ0v) is 13.3. The topological polar surface area (TPSA) is 79.2 Å². The van der Waals surface area contributed by atoms with Crippen molar-refractivity contribution in [2.24, 2.45) is 5.10 Å². The molecule has 0 fully saturated rings. The minimum absolute atomic E-state index is 0.0528. The van der Waals surface area contributed by atoms with Gasteiger partial charge in [-0.05, 0) is 24.1 Å². The minimum Gasteiger partial charge on any atom is -0.480 e. The summed E-state index contributed by atoms with van der Waals surface area (Å²) in [4.78, 5) is 23.1. The molecule has 0 bridgehead atoms. The maximum Gasteiger partial charge on any atom is 0.337 e. The minimum atomic E-state index is -0.886. The molecule has 124 valence electrons. The molecule has 0 saturated carbocycles. The number of rotatable bonds is 4. The van der Waals surface area contributed by atoms with Crippen LogP contribution in [0.5, 0.6) is 0 Å². The van der Waals surface area contributed by atoms with Gasteiger partial charge < -0.3 is 9.84 Å². The Morgan fingerprint density at radius 2 is 2.00 bits per heavy atom. The van der Waals surface area contributed by atoms with Crippen LogP contribution < -0.4 is 0 Å². The smallest absolute Gasteiger partial charge is 0.337 e. The fourth-order valence-electron chi connectivity index (χ4n) is 2.89. The highest BCUT2D eigenvalue weighted by Gasteiger charge is 2.36. The largest absolute Gasteiger partial charge is 0.480 e. The van der Waals surface area contributed by atoms with Crippen molar-refractivity contribution >= 4 is 17.7 Å². The van der Waals surface area contributed by atoms with Gasteiger partial charge in [0.15, 0.2) is 6.04 Å². The van der Waals surface area contributed by atoms with E-state index >= 15 is 0 Å². The lowest BCUT2D eigenvalue weighted by Gasteiger charge is -2.27. The first-order chi connectivity index (χ1) is 11.6. The molecule has 6 nitrogen and oxygen atoms in total. The summed E-state index contributed by atoms with van der Waals surface area (Å²) in [6.45, 7) is 0. The number of carbonyl (C=O) groups is 2. The molecule has 0 saturated heterocycles. The number of ether oxygens (including phenoxy) is 1. The van der Waals surface area contributed by atoms with E-state index in [4.69, 9.17) is 0 Å². The van der Waals surface area contributed by atoms with Crippen LogP contribution >= 0.6 is 0 Å². The second kappa shape index (κ2) is 6.70. The number of methoxy groups -OCH3 is 1. The number of nitrogens with zero attached hydrogens (tertiary/aromatic N) is 2. The molecular formula is C18H18N2O4. The quantitative estimate of drug-likeness (QED) is 0.858. The van der Waals surface area contributed by atoms with Crippen molar-refractivity contribution in [3.63, 3.8) is 0 Å². The van der Waals surface area contributed by atoms with E-state index < -0.39 is 18.0 Å². The summed E-state index contributed by atoms with van der Waals surface area (Å²) in [6.07, 6.45) is 8.88. The Bertz CT molecular complexity index is 734. The number of hydrogen-bond acceptors (Lipinski definition) is 5. The van der Waals surface area contributed by atoms with Gasteiger partial charge in [0.25, 0.3) is 0 Å². The molecule has 2 unspecified atom stereocenters. The highest BCUT2D eigenvalue weighted by molar-refractivity contribution is 6.04. The Balaban J connectivity index is 1.85. The average molecular weight is 326 g/mol. The Kier molecular flexibility index (Phi) is 4.46. The molecule has 0 radical (unpaired) electrons. The van der Waals surface area contributed by atoms with E-state index in [1.165, 1.54) is 7.11 Å². The molecule has 2 aliphatic rings. The first-order valence-corrected chi connectivity index (χ1v) is 7.71. The number of carbonyl (C=O) groups excluding carboxylic acids is 1. The average Bonchev–Trinajstić information content (AvgIpc) is 3.07. The predicted molar refractivity (Wildman–Crippen MR) is 88.9 cm³/mol. The van der Waals surface area contributed by atoms with Gasteiger partial charge in [-0.3, -0.25) is 5.01 Å². The summed E-state index contributed by atoms with van der Waals surface area (Å²) in [5, 5.41) is 15.7. The van der Waals surface area contributed by atoms with Crippen molar-refractivity contribution in [1.82, 2.24) is 5.01 Å². The molecule has 3 rings (SSSR count). The maximum atomic E-state index is 11.6. The molecule has 1 N–H and O–H groups in total. The number of benzene rings is 1. The van der Waals surface area contributed by atoms with Gasteiger partial charge in [0, 0.05) is 6.42 Å². The fourth-order valence-corrected chi connectivity index (χ4v) is 2.89. The summed E-state index contributed by atoms with van der Waals surface area (Å²) in [5.41, 5.74) is 1.97. The zero-order chi connectivity index (χ0) is 17.1. The number of esters is 1. The van der Waals surface area contributed by atoms with Crippen LogP contribution in [-0.2, 0) is 9.53 Å². The third-order valence-electron chi connectivity index (χ3n) is 4.16. The molecule has 1 aromatic rings. The first kappa shape index (κ1) is 16.0. The van der Waals surface area contributed by atoms with Gasteiger partial charge in [-0.15, -0.1) is 0 Å². The number of allylic oxidation sites excluding steroid dienone is 2. The number of carboxylic acids is 1. The van der Waals surface area contributed by atoms with Crippen LogP contribution in [0, 0.1) is 0 Å². The Hall–Kier alpha value is -2.89. The van der Waals surface area contributed by atoms with E-state index in [0.29, 0.717) is 17.7 Å². The summed E-state index contributed by atoms with van der Waals surface area (Å²) in [6, 6.07) is 6.12. The van der Waals surface area contributed by atoms with E-state index in [0.717, 1.165) is 12.0 Å². The highest BCUT2D eigenvalue weighted by atomic mass is 16.5. The molecule has 24 heavy (non-hydrogen) atoms. The van der Waals surface area contributed by atoms with Gasteiger partial charge >= 0.3 is 11.9 Å². The molecule has 0 amide bonds. The molecule has 1 aromatic carbocycles. The highest BCUT2D eigenvalue weighted by Crippen LogP contribution is 2.26. The predicted octanol–water partition coefficient (Wildman–Crippen LogP) is 2.22. The van der Waals surface area contributed by atoms with E-state index in [-0.39, 0.29) is 6.04 Å². The van der Waals surface area contributed by atoms with Crippen molar-refractivity contribution in [3.8, 4) is 0 Å². The fraction of sp³-hybridized carbons (Fsp3) is 0.278. The third kappa shape index (κ3) is 3.08. The van der Waals surface area contributed by atoms with Crippen molar-refractivity contribution in [2.75, 3.05) is 7.11 Å². The van der Waals surface area contributed by atoms with Crippen LogP contribution in [0.25, 0.3) is 0 Å². The number of hydrazone groups is 1. The Labute approximate surface area is 139 Å². The normalized spacial score (nSPS) is 22.4. The van der Waals surface area contributed by atoms with Crippen molar-refractivity contribution in [1.29, 1.82) is 0 Å². The Morgan fingerprint density at radius 3 is 2.58 bits per heavy atom. The van der Waals surface area contributed by atoms with Crippen LogP contribution in [0.15, 0.2) is 53.7 Å². The molecule has 0 spiro atoms. The van der Waals surface area contributed by atoms with Gasteiger partial charge in [-0.1, -0.05) is 36.4 Å². The maximum absolute atomic E-state index is 11.6. The van der Waals surface area contributed by atoms with Crippen LogP contribution in [0.2, 0.25) is 0 Å². The molecular weight excluding hydrogens is 308 g/mol. The number of aliphatic carboxylic acids is 1. The SMILES string of the molecule is COC(=O)c1ccc(C2=NN(C3C=CC=CC3)C(C(=O)O)C2)cc1. The van der Waals surface area contributed by atoms with Gasteiger partial charge in [-0.2, -0.15) is 5.10 Å². The third-order valence-corrected chi connectivity index (χ3v) is 4.16. The molecule has 1 aliphatic carbocycles. The van der Waals surface area contributed by atoms with Crippen LogP contribution in [0.1, 0.15) is 28.8 Å². The molecule has 6 heteroatoms. The van der Waals surface area contributed by atoms with Crippen molar-refractivity contribution in [2.45, 2.75) is 24.9 Å². The van der Waals surface area contributed by atoms with Gasteiger partial charge in [-0.25, -0.2) is 9.59 Å². The van der Waals surface area contributed by atoms with Gasteiger partial charge in [0.05, 0.1) is 24.4 Å². The first-order valence-electron chi connectivity index (χ1n) is 7.71. The van der Waals surface area contributed by atoms with Crippen molar-refractivity contribution < 1.29 is 19.4 Å². The van der Waals surface area contributed by atoms with E-state index in [1.807, 2.05) is 24.3 Å². The van der Waals surface area contributed by atoms with Gasteiger partial charge in [0.2, 0.25) is 0 Å². The van der Waals surface area contributed by atoms with Crippen LogP contribution in [0.4, 0.5) is 0 Å². The second-order valence-corrected chi connectivity index (χ2v) is 5.67. The molecule has 1 heterocycles. The van der Waals surface area contributed by atoms with Crippen molar-refractivity contribution in [3.05, 3.63) is 59.7 Å². The van der Waals surface area contributed by atoms with E-state index in [9.17, 15) is 14.7 Å². The summed E-state index contributed by atoms with van der Waals surface area (Å²) in [7, 11) is 1.33. The summed E-state index contributed by atoms with van der Waals surface area (Å²) < 4.78 is 4.68. The number of hydrogen-bond donors (Lipinski definition) is 1. The van der Waals surface area contributed by atoms with Crippen LogP contribution in [-0.4, -0.2) is 47.0 Å². The lowest BCUT2D eigenvalue weighted by molar-refractivity contribution is -0.143. The lowest BCUT2D eigenvalue weighted by Crippen LogP contribution is -2.40. The summed E-state index contributed by atoms with van der Waals surface area (Å²) in [5.74, 6) is -1.29. The van der Waals surface area contributed by atoms with Gasteiger partial charge in [0.1, 0.15) is 0 Å². The molecule has 1 aliphatic heterocycles. The lowest BCUT2D eigenvalue weighted by atomic mass is 10.0. The standard InChI is InChI=1S/C18H18N2O4/c1-24-18(23)13-9-7-12(8-10-13)15-11-16(17(21)22)20(19-15)14-5-3-2-4-6-14/h2-5,7-10,14,16H,6,11H2,1H3,(H,21,22). The molecule has 0 aromatic heterocycles. The monoisotopic (exact) mass is 326 g/mol. The van der Waals surface area contributed by atoms with E-state index in [2.05, 4.69) is 9.84 Å². The molecule has 2 atom stereocenters. The zero-order valence-electron chi connectivity index (χ0n) is 13.3. The van der Waals surface area contributed by atoms with E-state index in [1.54, 1.807) is 29.3 Å². The summed E-state index contributed by atoms with van der Waals surface area (Å²) >= 11 is 0. The second-order valence-electron chi connectivity index (χ2n) is 5.67.